The standard InChI is InChI=1S/C16H17FN4O3/c1-21-8-7-18-14(15(21)22)20-16(23)19-9-10-3-2-4-12(13(10)17)24-11-5-6-11/h2-4,7-8,11H,5-6,9H2,1H3,(H2,18,19,20,23). The summed E-state index contributed by atoms with van der Waals surface area (Å²) in [6.07, 6.45) is 4.83. The van der Waals surface area contributed by atoms with E-state index >= 15 is 0 Å². The fraction of sp³-hybridized carbons (Fsp3) is 0.312. The van der Waals surface area contributed by atoms with Crippen LogP contribution in [0.5, 0.6) is 5.75 Å². The quantitative estimate of drug-likeness (QED) is 0.874. The van der Waals surface area contributed by atoms with Crippen molar-refractivity contribution >= 4 is 11.8 Å². The van der Waals surface area contributed by atoms with Gasteiger partial charge in [-0.15, -0.1) is 0 Å². The van der Waals surface area contributed by atoms with Crippen LogP contribution in [0.25, 0.3) is 0 Å². The number of hydrogen-bond donors (Lipinski definition) is 2. The van der Waals surface area contributed by atoms with Gasteiger partial charge in [-0.1, -0.05) is 12.1 Å². The number of benzene rings is 1. The van der Waals surface area contributed by atoms with Crippen LogP contribution in [-0.4, -0.2) is 21.7 Å². The van der Waals surface area contributed by atoms with Crippen molar-refractivity contribution < 1.29 is 13.9 Å². The molecule has 0 radical (unpaired) electrons. The molecule has 0 atom stereocenters. The van der Waals surface area contributed by atoms with Crippen molar-refractivity contribution in [3.63, 3.8) is 0 Å². The number of urea groups is 1. The van der Waals surface area contributed by atoms with Gasteiger partial charge < -0.3 is 14.6 Å². The van der Waals surface area contributed by atoms with Crippen LogP contribution in [0.15, 0.2) is 35.4 Å². The van der Waals surface area contributed by atoms with Crippen LogP contribution in [0, 0.1) is 5.82 Å². The highest BCUT2D eigenvalue weighted by Crippen LogP contribution is 2.29. The lowest BCUT2D eigenvalue weighted by Crippen LogP contribution is -2.32. The highest BCUT2D eigenvalue weighted by Gasteiger charge is 2.25. The number of aromatic nitrogens is 2. The lowest BCUT2D eigenvalue weighted by Gasteiger charge is -2.11. The third-order valence-electron chi connectivity index (χ3n) is 3.55. The Labute approximate surface area is 137 Å². The molecular weight excluding hydrogens is 315 g/mol. The maximum atomic E-state index is 14.3. The molecule has 0 spiro atoms. The van der Waals surface area contributed by atoms with Gasteiger partial charge in [0.15, 0.2) is 11.6 Å². The van der Waals surface area contributed by atoms with Crippen LogP contribution >= 0.6 is 0 Å². The summed E-state index contributed by atoms with van der Waals surface area (Å²) in [4.78, 5) is 27.4. The monoisotopic (exact) mass is 332 g/mol. The Balaban J connectivity index is 1.62. The van der Waals surface area contributed by atoms with Crippen LogP contribution in [0.3, 0.4) is 0 Å². The van der Waals surface area contributed by atoms with Crippen LogP contribution < -0.4 is 20.9 Å². The summed E-state index contributed by atoms with van der Waals surface area (Å²) in [5, 5.41) is 4.85. The molecule has 2 N–H and O–H groups in total. The molecule has 0 bridgehead atoms. The third-order valence-corrected chi connectivity index (χ3v) is 3.55. The fourth-order valence-electron chi connectivity index (χ4n) is 2.06. The number of nitrogens with zero attached hydrogens (tertiary/aromatic N) is 2. The highest BCUT2D eigenvalue weighted by molar-refractivity contribution is 5.87. The van der Waals surface area contributed by atoms with Crippen LogP contribution in [0.1, 0.15) is 18.4 Å². The van der Waals surface area contributed by atoms with Gasteiger partial charge in [0, 0.05) is 31.5 Å². The Morgan fingerprint density at radius 3 is 3.00 bits per heavy atom. The van der Waals surface area contributed by atoms with Gasteiger partial charge in [0.05, 0.1) is 6.10 Å². The topological polar surface area (TPSA) is 85.2 Å². The zero-order chi connectivity index (χ0) is 17.1. The van der Waals surface area contributed by atoms with Crippen LogP contribution in [0.2, 0.25) is 0 Å². The Morgan fingerprint density at radius 1 is 1.46 bits per heavy atom. The molecule has 2 amide bonds. The second-order valence-corrected chi connectivity index (χ2v) is 5.55. The van der Waals surface area contributed by atoms with E-state index in [1.54, 1.807) is 25.2 Å². The first-order valence-corrected chi connectivity index (χ1v) is 7.55. The zero-order valence-electron chi connectivity index (χ0n) is 13.1. The fourth-order valence-corrected chi connectivity index (χ4v) is 2.06. The normalized spacial score (nSPS) is 13.4. The lowest BCUT2D eigenvalue weighted by molar-refractivity contribution is 0.251. The van der Waals surface area contributed by atoms with E-state index in [9.17, 15) is 14.0 Å². The summed E-state index contributed by atoms with van der Waals surface area (Å²) >= 11 is 0. The zero-order valence-corrected chi connectivity index (χ0v) is 13.1. The number of amides is 2. The van der Waals surface area contributed by atoms with Crippen molar-refractivity contribution in [1.29, 1.82) is 0 Å². The van der Waals surface area contributed by atoms with Crippen molar-refractivity contribution in [3.05, 3.63) is 52.3 Å². The summed E-state index contributed by atoms with van der Waals surface area (Å²) in [6.45, 7) is -0.0350. The van der Waals surface area contributed by atoms with Crippen LogP contribution in [-0.2, 0) is 13.6 Å². The number of carbonyl (C=O) groups excluding carboxylic acids is 1. The van der Waals surface area contributed by atoms with E-state index in [4.69, 9.17) is 4.74 Å². The first-order valence-electron chi connectivity index (χ1n) is 7.55. The summed E-state index contributed by atoms with van der Waals surface area (Å²) in [5.74, 6) is -0.391. The van der Waals surface area contributed by atoms with Crippen LogP contribution in [0.4, 0.5) is 15.0 Å². The minimum Gasteiger partial charge on any atom is -0.487 e. The maximum absolute atomic E-state index is 14.3. The average molecular weight is 332 g/mol. The molecule has 8 heteroatoms. The molecule has 0 unspecified atom stereocenters. The van der Waals surface area contributed by atoms with Gasteiger partial charge in [-0.2, -0.15) is 0 Å². The molecule has 1 heterocycles. The van der Waals surface area contributed by atoms with Gasteiger partial charge in [-0.05, 0) is 18.9 Å². The number of ether oxygens (including phenoxy) is 1. The minimum absolute atomic E-state index is 0.0350. The van der Waals surface area contributed by atoms with E-state index in [0.717, 1.165) is 12.8 Å². The highest BCUT2D eigenvalue weighted by atomic mass is 19.1. The van der Waals surface area contributed by atoms with E-state index in [-0.39, 0.29) is 24.2 Å². The van der Waals surface area contributed by atoms with Crippen molar-refractivity contribution in [2.75, 3.05) is 5.32 Å². The van der Waals surface area contributed by atoms with Crippen molar-refractivity contribution in [2.24, 2.45) is 7.05 Å². The molecule has 1 fully saturated rings. The maximum Gasteiger partial charge on any atom is 0.320 e. The van der Waals surface area contributed by atoms with Gasteiger partial charge >= 0.3 is 6.03 Å². The Bertz CT molecular complexity index is 817. The molecule has 24 heavy (non-hydrogen) atoms. The van der Waals surface area contributed by atoms with Gasteiger partial charge in [0.25, 0.3) is 5.56 Å². The first kappa shape index (κ1) is 16.0. The van der Waals surface area contributed by atoms with Gasteiger partial charge in [0.2, 0.25) is 5.82 Å². The second-order valence-electron chi connectivity index (χ2n) is 5.55. The number of halogens is 1. The van der Waals surface area contributed by atoms with E-state index in [0.29, 0.717) is 5.56 Å². The smallest absolute Gasteiger partial charge is 0.320 e. The largest absolute Gasteiger partial charge is 0.487 e. The number of aryl methyl sites for hydroxylation is 1. The molecular formula is C16H17FN4O3. The van der Waals surface area contributed by atoms with Gasteiger partial charge in [0.1, 0.15) is 0 Å². The number of hydrogen-bond acceptors (Lipinski definition) is 4. The summed E-state index contributed by atoms with van der Waals surface area (Å²) < 4.78 is 21.1. The van der Waals surface area contributed by atoms with Gasteiger partial charge in [-0.25, -0.2) is 14.2 Å². The third kappa shape index (κ3) is 3.70. The van der Waals surface area contributed by atoms with E-state index < -0.39 is 17.4 Å². The number of rotatable bonds is 5. The number of carbonyl (C=O) groups is 1. The van der Waals surface area contributed by atoms with Crippen molar-refractivity contribution in [3.8, 4) is 5.75 Å². The Hall–Kier alpha value is -2.90. The summed E-state index contributed by atoms with van der Waals surface area (Å²) in [6, 6.07) is 4.16. The predicted octanol–water partition coefficient (Wildman–Crippen LogP) is 1.78. The molecule has 0 saturated heterocycles. The van der Waals surface area contributed by atoms with Crippen molar-refractivity contribution in [1.82, 2.24) is 14.9 Å². The minimum atomic E-state index is -0.640. The van der Waals surface area contributed by atoms with Crippen molar-refractivity contribution in [2.45, 2.75) is 25.5 Å². The molecule has 3 rings (SSSR count). The molecule has 0 aliphatic heterocycles. The Kier molecular flexibility index (Phi) is 4.45. The first-order chi connectivity index (χ1) is 11.5. The molecule has 2 aromatic rings. The molecule has 7 nitrogen and oxygen atoms in total. The van der Waals surface area contributed by atoms with E-state index in [1.165, 1.54) is 17.0 Å². The van der Waals surface area contributed by atoms with Gasteiger partial charge in [-0.3, -0.25) is 10.1 Å². The summed E-state index contributed by atoms with van der Waals surface area (Å²) in [7, 11) is 1.55. The molecule has 1 saturated carbocycles. The molecule has 1 aliphatic carbocycles. The van der Waals surface area contributed by atoms with E-state index in [1.807, 2.05) is 0 Å². The Morgan fingerprint density at radius 2 is 2.25 bits per heavy atom. The second kappa shape index (κ2) is 6.69. The molecule has 1 aromatic heterocycles. The predicted molar refractivity (Wildman–Crippen MR) is 85.4 cm³/mol. The molecule has 1 aromatic carbocycles. The average Bonchev–Trinajstić information content (AvgIpc) is 3.37. The number of anilines is 1. The lowest BCUT2D eigenvalue weighted by atomic mass is 10.2. The SMILES string of the molecule is Cn1ccnc(NC(=O)NCc2cccc(OC3CC3)c2F)c1=O. The summed E-state index contributed by atoms with van der Waals surface area (Å²) in [5.41, 5.74) is -0.129. The number of nitrogens with one attached hydrogen (secondary N) is 2. The molecule has 126 valence electrons. The molecule has 1 aliphatic rings. The van der Waals surface area contributed by atoms with E-state index in [2.05, 4.69) is 15.6 Å².